The van der Waals surface area contributed by atoms with Gasteiger partial charge < -0.3 is 10.1 Å². The summed E-state index contributed by atoms with van der Waals surface area (Å²) in [6.07, 6.45) is 1.84. The standard InChI is InChI=1S/C14H18N2O4S/c1-7-4-5-9-10(6-7)21-13(15-8(2)17)11(9)12(18)16-14(19)20-3/h7H,4-6H2,1-3H3,(H,15,17)(H,16,18,19)/t7-/m0/s1. The summed E-state index contributed by atoms with van der Waals surface area (Å²) in [5.41, 5.74) is 1.32. The molecule has 0 bridgehead atoms. The molecule has 2 N–H and O–H groups in total. The molecule has 114 valence electrons. The number of fused-ring (bicyclic) bond motifs is 1. The molecule has 2 rings (SSSR count). The summed E-state index contributed by atoms with van der Waals surface area (Å²) < 4.78 is 4.45. The van der Waals surface area contributed by atoms with E-state index in [-0.39, 0.29) is 5.91 Å². The lowest BCUT2D eigenvalue weighted by atomic mass is 9.88. The summed E-state index contributed by atoms with van der Waals surface area (Å²) in [6, 6.07) is 0. The molecule has 1 aliphatic carbocycles. The number of anilines is 1. The Balaban J connectivity index is 2.38. The van der Waals surface area contributed by atoms with Crippen molar-refractivity contribution < 1.29 is 19.1 Å². The van der Waals surface area contributed by atoms with Crippen molar-refractivity contribution in [2.24, 2.45) is 5.92 Å². The molecule has 21 heavy (non-hydrogen) atoms. The molecule has 1 aromatic heterocycles. The highest BCUT2D eigenvalue weighted by Gasteiger charge is 2.28. The zero-order valence-corrected chi connectivity index (χ0v) is 13.1. The fraction of sp³-hybridized carbons (Fsp3) is 0.500. The summed E-state index contributed by atoms with van der Waals surface area (Å²) in [7, 11) is 1.20. The minimum atomic E-state index is -0.807. The fourth-order valence-electron chi connectivity index (χ4n) is 2.45. The number of amides is 3. The first-order valence-corrected chi connectivity index (χ1v) is 7.55. The van der Waals surface area contributed by atoms with Gasteiger partial charge in [0, 0.05) is 11.8 Å². The van der Waals surface area contributed by atoms with Gasteiger partial charge in [0.2, 0.25) is 5.91 Å². The van der Waals surface area contributed by atoms with Crippen molar-refractivity contribution in [3.8, 4) is 0 Å². The van der Waals surface area contributed by atoms with Crippen molar-refractivity contribution in [1.82, 2.24) is 5.32 Å². The molecule has 6 nitrogen and oxygen atoms in total. The lowest BCUT2D eigenvalue weighted by Crippen LogP contribution is -2.31. The number of methoxy groups -OCH3 is 1. The van der Waals surface area contributed by atoms with Crippen LogP contribution in [0.2, 0.25) is 0 Å². The highest BCUT2D eigenvalue weighted by atomic mass is 32.1. The lowest BCUT2D eigenvalue weighted by molar-refractivity contribution is -0.114. The van der Waals surface area contributed by atoms with Crippen molar-refractivity contribution in [3.63, 3.8) is 0 Å². The zero-order valence-electron chi connectivity index (χ0n) is 12.2. The van der Waals surface area contributed by atoms with Crippen LogP contribution in [0, 0.1) is 5.92 Å². The van der Waals surface area contributed by atoms with Crippen LogP contribution in [-0.4, -0.2) is 25.0 Å². The van der Waals surface area contributed by atoms with Gasteiger partial charge in [0.05, 0.1) is 12.7 Å². The Morgan fingerprint density at radius 2 is 2.05 bits per heavy atom. The number of rotatable bonds is 2. The molecule has 0 aromatic carbocycles. The number of thiophene rings is 1. The van der Waals surface area contributed by atoms with E-state index in [9.17, 15) is 14.4 Å². The molecule has 1 atom stereocenters. The van der Waals surface area contributed by atoms with Gasteiger partial charge in [0.1, 0.15) is 5.00 Å². The third-order valence-corrected chi connectivity index (χ3v) is 4.60. The molecule has 1 aliphatic rings. The summed E-state index contributed by atoms with van der Waals surface area (Å²) in [5, 5.41) is 5.35. The van der Waals surface area contributed by atoms with Gasteiger partial charge in [-0.3, -0.25) is 14.9 Å². The summed E-state index contributed by atoms with van der Waals surface area (Å²) >= 11 is 1.41. The van der Waals surface area contributed by atoms with Crippen LogP contribution in [0.15, 0.2) is 0 Å². The van der Waals surface area contributed by atoms with Gasteiger partial charge in [0.25, 0.3) is 5.91 Å². The minimum absolute atomic E-state index is 0.242. The van der Waals surface area contributed by atoms with E-state index >= 15 is 0 Å². The van der Waals surface area contributed by atoms with Crippen LogP contribution in [0.1, 0.15) is 41.1 Å². The molecule has 3 amide bonds. The predicted octanol–water partition coefficient (Wildman–Crippen LogP) is 2.33. The molecule has 0 spiro atoms. The van der Waals surface area contributed by atoms with Crippen molar-refractivity contribution in [2.75, 3.05) is 12.4 Å². The minimum Gasteiger partial charge on any atom is -0.453 e. The maximum absolute atomic E-state index is 12.3. The summed E-state index contributed by atoms with van der Waals surface area (Å²) in [5.74, 6) is -0.218. The Morgan fingerprint density at radius 3 is 2.67 bits per heavy atom. The molecule has 0 fully saturated rings. The number of nitrogens with one attached hydrogen (secondary N) is 2. The Labute approximate surface area is 126 Å². The van der Waals surface area contributed by atoms with Gasteiger partial charge in [0.15, 0.2) is 0 Å². The number of carbonyl (C=O) groups is 3. The number of hydrogen-bond acceptors (Lipinski definition) is 5. The van der Waals surface area contributed by atoms with Gasteiger partial charge in [-0.2, -0.15) is 0 Å². The number of imide groups is 1. The molecular formula is C14H18N2O4S. The average molecular weight is 310 g/mol. The van der Waals surface area contributed by atoms with Gasteiger partial charge in [-0.1, -0.05) is 6.92 Å². The normalized spacial score (nSPS) is 16.8. The molecule has 0 saturated heterocycles. The topological polar surface area (TPSA) is 84.5 Å². The van der Waals surface area contributed by atoms with Gasteiger partial charge in [-0.05, 0) is 30.7 Å². The number of alkyl carbamates (subject to hydrolysis) is 1. The van der Waals surface area contributed by atoms with Crippen molar-refractivity contribution >= 4 is 34.2 Å². The Hall–Kier alpha value is -1.89. The fourth-order valence-corrected chi connectivity index (χ4v) is 3.90. The molecule has 0 saturated carbocycles. The third kappa shape index (κ3) is 3.41. The molecular weight excluding hydrogens is 292 g/mol. The average Bonchev–Trinajstić information content (AvgIpc) is 2.74. The van der Waals surface area contributed by atoms with E-state index in [1.807, 2.05) is 0 Å². The first-order valence-electron chi connectivity index (χ1n) is 6.73. The van der Waals surface area contributed by atoms with Gasteiger partial charge in [-0.15, -0.1) is 11.3 Å². The van der Waals surface area contributed by atoms with Crippen LogP contribution in [0.5, 0.6) is 0 Å². The van der Waals surface area contributed by atoms with Crippen LogP contribution in [0.3, 0.4) is 0 Å². The zero-order chi connectivity index (χ0) is 15.6. The summed E-state index contributed by atoms with van der Waals surface area (Å²) in [4.78, 5) is 35.9. The Kier molecular flexibility index (Phi) is 4.62. The van der Waals surface area contributed by atoms with E-state index in [0.717, 1.165) is 29.7 Å². The third-order valence-electron chi connectivity index (χ3n) is 3.43. The smallest absolute Gasteiger partial charge is 0.413 e. The number of hydrogen-bond donors (Lipinski definition) is 2. The summed E-state index contributed by atoms with van der Waals surface area (Å²) in [6.45, 7) is 3.55. The molecule has 0 radical (unpaired) electrons. The predicted molar refractivity (Wildman–Crippen MR) is 79.7 cm³/mol. The van der Waals surface area contributed by atoms with Crippen LogP contribution >= 0.6 is 11.3 Å². The van der Waals surface area contributed by atoms with E-state index in [0.29, 0.717) is 16.5 Å². The highest BCUT2D eigenvalue weighted by molar-refractivity contribution is 7.17. The first kappa shape index (κ1) is 15.5. The Bertz CT molecular complexity index is 594. The Morgan fingerprint density at radius 1 is 1.33 bits per heavy atom. The quantitative estimate of drug-likeness (QED) is 0.878. The second-order valence-electron chi connectivity index (χ2n) is 5.18. The second-order valence-corrected chi connectivity index (χ2v) is 6.29. The van der Waals surface area contributed by atoms with Gasteiger partial charge in [-0.25, -0.2) is 4.79 Å². The highest BCUT2D eigenvalue weighted by Crippen LogP contribution is 2.39. The maximum atomic E-state index is 12.3. The van der Waals surface area contributed by atoms with E-state index in [1.165, 1.54) is 25.4 Å². The van der Waals surface area contributed by atoms with E-state index in [2.05, 4.69) is 22.3 Å². The first-order chi connectivity index (χ1) is 9.92. The van der Waals surface area contributed by atoms with Crippen LogP contribution in [-0.2, 0) is 22.4 Å². The van der Waals surface area contributed by atoms with Crippen LogP contribution in [0.4, 0.5) is 9.80 Å². The van der Waals surface area contributed by atoms with Crippen molar-refractivity contribution in [3.05, 3.63) is 16.0 Å². The molecule has 0 unspecified atom stereocenters. The maximum Gasteiger partial charge on any atom is 0.413 e. The van der Waals surface area contributed by atoms with Gasteiger partial charge >= 0.3 is 6.09 Å². The number of ether oxygens (including phenoxy) is 1. The van der Waals surface area contributed by atoms with E-state index < -0.39 is 12.0 Å². The molecule has 1 heterocycles. The lowest BCUT2D eigenvalue weighted by Gasteiger charge is -2.18. The molecule has 1 aromatic rings. The van der Waals surface area contributed by atoms with Crippen molar-refractivity contribution in [2.45, 2.75) is 33.1 Å². The van der Waals surface area contributed by atoms with Crippen LogP contribution < -0.4 is 10.6 Å². The largest absolute Gasteiger partial charge is 0.453 e. The molecule has 7 heteroatoms. The van der Waals surface area contributed by atoms with Crippen molar-refractivity contribution in [1.29, 1.82) is 0 Å². The number of carbonyl (C=O) groups excluding carboxylic acids is 3. The van der Waals surface area contributed by atoms with E-state index in [4.69, 9.17) is 0 Å². The SMILES string of the molecule is COC(=O)NC(=O)c1c(NC(C)=O)sc2c1CC[C@H](C)C2. The monoisotopic (exact) mass is 310 g/mol. The van der Waals surface area contributed by atoms with Crippen LogP contribution in [0.25, 0.3) is 0 Å². The van der Waals surface area contributed by atoms with E-state index in [1.54, 1.807) is 0 Å². The molecule has 0 aliphatic heterocycles. The second kappa shape index (κ2) is 6.26.